The van der Waals surface area contributed by atoms with Gasteiger partial charge in [-0.05, 0) is 52.6 Å². The molecule has 1 aliphatic rings. The Morgan fingerprint density at radius 3 is 2.38 bits per heavy atom. The Kier molecular flexibility index (Phi) is 4.21. The first-order chi connectivity index (χ1) is 12.7. The fraction of sp³-hybridized carbons (Fsp3) is 0.174. The molecule has 3 aromatic rings. The predicted octanol–water partition coefficient (Wildman–Crippen LogP) is 6.30. The second-order valence-corrected chi connectivity index (χ2v) is 6.86. The molecule has 4 rings (SSSR count). The SMILES string of the molecule is CCC(C)c1ccc(NC(=N)Nc2ccc3c4c(cccc24)C=C3)cc1. The Bertz CT molecular complexity index is 988. The molecule has 3 heteroatoms. The maximum atomic E-state index is 8.30. The van der Waals surface area contributed by atoms with Gasteiger partial charge in [-0.3, -0.25) is 5.41 Å². The van der Waals surface area contributed by atoms with E-state index in [9.17, 15) is 0 Å². The van der Waals surface area contributed by atoms with E-state index in [2.05, 4.69) is 73.0 Å². The summed E-state index contributed by atoms with van der Waals surface area (Å²) in [5, 5.41) is 17.0. The van der Waals surface area contributed by atoms with Crippen molar-refractivity contribution in [3.63, 3.8) is 0 Å². The number of hydrogen-bond donors (Lipinski definition) is 3. The van der Waals surface area contributed by atoms with Gasteiger partial charge in [-0.25, -0.2) is 0 Å². The highest BCUT2D eigenvalue weighted by Gasteiger charge is 2.12. The van der Waals surface area contributed by atoms with Gasteiger partial charge in [-0.15, -0.1) is 0 Å². The number of nitrogens with one attached hydrogen (secondary N) is 3. The molecule has 0 heterocycles. The van der Waals surface area contributed by atoms with E-state index in [1.54, 1.807) is 0 Å². The van der Waals surface area contributed by atoms with Crippen molar-refractivity contribution in [1.29, 1.82) is 5.41 Å². The van der Waals surface area contributed by atoms with E-state index in [0.717, 1.165) is 23.2 Å². The molecule has 1 aliphatic carbocycles. The maximum Gasteiger partial charge on any atom is 0.197 e. The molecule has 0 radical (unpaired) electrons. The zero-order chi connectivity index (χ0) is 18.1. The van der Waals surface area contributed by atoms with Crippen LogP contribution in [0.2, 0.25) is 0 Å². The zero-order valence-electron chi connectivity index (χ0n) is 15.1. The van der Waals surface area contributed by atoms with Crippen LogP contribution in [0.3, 0.4) is 0 Å². The monoisotopic (exact) mass is 341 g/mol. The molecule has 1 atom stereocenters. The van der Waals surface area contributed by atoms with Crippen LogP contribution in [0.5, 0.6) is 0 Å². The van der Waals surface area contributed by atoms with Gasteiger partial charge in [-0.1, -0.05) is 62.4 Å². The molecule has 0 fully saturated rings. The van der Waals surface area contributed by atoms with Crippen LogP contribution in [0.1, 0.15) is 42.9 Å². The fourth-order valence-electron chi connectivity index (χ4n) is 3.47. The predicted molar refractivity (Wildman–Crippen MR) is 113 cm³/mol. The summed E-state index contributed by atoms with van der Waals surface area (Å²) in [7, 11) is 0. The Hall–Kier alpha value is -3.07. The van der Waals surface area contributed by atoms with E-state index in [1.807, 2.05) is 18.2 Å². The van der Waals surface area contributed by atoms with E-state index < -0.39 is 0 Å². The Morgan fingerprint density at radius 1 is 0.923 bits per heavy atom. The number of rotatable bonds is 4. The van der Waals surface area contributed by atoms with E-state index in [-0.39, 0.29) is 5.96 Å². The molecule has 0 aromatic heterocycles. The van der Waals surface area contributed by atoms with Crippen molar-refractivity contribution in [2.75, 3.05) is 10.6 Å². The Morgan fingerprint density at radius 2 is 1.65 bits per heavy atom. The van der Waals surface area contributed by atoms with Crippen LogP contribution in [-0.4, -0.2) is 5.96 Å². The Balaban J connectivity index is 1.52. The van der Waals surface area contributed by atoms with Gasteiger partial charge in [0.1, 0.15) is 0 Å². The minimum absolute atomic E-state index is 0.271. The molecule has 26 heavy (non-hydrogen) atoms. The van der Waals surface area contributed by atoms with Crippen molar-refractivity contribution >= 4 is 40.3 Å². The standard InChI is InChI=1S/C23H23N3/c1-3-15(2)16-9-12-19(13-10-16)25-23(24)26-21-14-11-18-8-7-17-5-4-6-20(21)22(17)18/h4-15H,3H2,1-2H3,(H3,24,25,26). The highest BCUT2D eigenvalue weighted by atomic mass is 15.1. The van der Waals surface area contributed by atoms with Gasteiger partial charge in [0.2, 0.25) is 0 Å². The topological polar surface area (TPSA) is 47.9 Å². The molecule has 0 saturated heterocycles. The highest BCUT2D eigenvalue weighted by Crippen LogP contribution is 2.35. The minimum atomic E-state index is 0.271. The molecule has 3 N–H and O–H groups in total. The van der Waals surface area contributed by atoms with Gasteiger partial charge in [-0.2, -0.15) is 0 Å². The van der Waals surface area contributed by atoms with E-state index >= 15 is 0 Å². The smallest absolute Gasteiger partial charge is 0.197 e. The highest BCUT2D eigenvalue weighted by molar-refractivity contribution is 6.13. The van der Waals surface area contributed by atoms with E-state index in [0.29, 0.717) is 5.92 Å². The Labute approximate surface area is 154 Å². The molecule has 0 amide bonds. The summed E-state index contributed by atoms with van der Waals surface area (Å²) >= 11 is 0. The lowest BCUT2D eigenvalue weighted by Gasteiger charge is -2.14. The van der Waals surface area contributed by atoms with Gasteiger partial charge in [0, 0.05) is 16.8 Å². The zero-order valence-corrected chi connectivity index (χ0v) is 15.1. The summed E-state index contributed by atoms with van der Waals surface area (Å²) < 4.78 is 0. The quantitative estimate of drug-likeness (QED) is 0.301. The van der Waals surface area contributed by atoms with Crippen LogP contribution in [0.4, 0.5) is 11.4 Å². The van der Waals surface area contributed by atoms with Gasteiger partial charge >= 0.3 is 0 Å². The number of hydrogen-bond acceptors (Lipinski definition) is 1. The largest absolute Gasteiger partial charge is 0.326 e. The third-order valence-corrected chi connectivity index (χ3v) is 5.17. The summed E-state index contributed by atoms with van der Waals surface area (Å²) in [5.74, 6) is 0.830. The molecule has 0 bridgehead atoms. The van der Waals surface area contributed by atoms with Crippen molar-refractivity contribution < 1.29 is 0 Å². The van der Waals surface area contributed by atoms with Crippen molar-refractivity contribution in [3.05, 3.63) is 71.3 Å². The third-order valence-electron chi connectivity index (χ3n) is 5.17. The summed E-state index contributed by atoms with van der Waals surface area (Å²) in [6.45, 7) is 4.43. The normalized spacial score (nSPS) is 13.0. The second kappa shape index (κ2) is 6.68. The average molecular weight is 341 g/mol. The van der Waals surface area contributed by atoms with Crippen molar-refractivity contribution in [3.8, 4) is 0 Å². The number of benzene rings is 3. The first kappa shape index (κ1) is 16.4. The molecular weight excluding hydrogens is 318 g/mol. The maximum absolute atomic E-state index is 8.30. The van der Waals surface area contributed by atoms with E-state index in [1.165, 1.54) is 22.1 Å². The molecule has 3 nitrogen and oxygen atoms in total. The van der Waals surface area contributed by atoms with Crippen LogP contribution >= 0.6 is 0 Å². The van der Waals surface area contributed by atoms with Crippen LogP contribution < -0.4 is 10.6 Å². The van der Waals surface area contributed by atoms with Gasteiger partial charge in [0.25, 0.3) is 0 Å². The lowest BCUT2D eigenvalue weighted by molar-refractivity contribution is 0.734. The van der Waals surface area contributed by atoms with E-state index in [4.69, 9.17) is 5.41 Å². The van der Waals surface area contributed by atoms with Gasteiger partial charge < -0.3 is 10.6 Å². The number of guanidine groups is 1. The molecule has 3 aromatic carbocycles. The molecule has 0 saturated carbocycles. The van der Waals surface area contributed by atoms with Crippen LogP contribution in [0, 0.1) is 5.41 Å². The summed E-state index contributed by atoms with van der Waals surface area (Å²) in [5.41, 5.74) is 5.67. The van der Waals surface area contributed by atoms with Gasteiger partial charge in [0.05, 0.1) is 0 Å². The first-order valence-electron chi connectivity index (χ1n) is 9.12. The first-order valence-corrected chi connectivity index (χ1v) is 9.12. The average Bonchev–Trinajstić information content (AvgIpc) is 3.09. The second-order valence-electron chi connectivity index (χ2n) is 6.86. The van der Waals surface area contributed by atoms with Crippen molar-refractivity contribution in [2.24, 2.45) is 0 Å². The van der Waals surface area contributed by atoms with Crippen molar-refractivity contribution in [1.82, 2.24) is 0 Å². The van der Waals surface area contributed by atoms with Crippen molar-refractivity contribution in [2.45, 2.75) is 26.2 Å². The fourth-order valence-corrected chi connectivity index (χ4v) is 3.47. The minimum Gasteiger partial charge on any atom is -0.326 e. The van der Waals surface area contributed by atoms with Crippen LogP contribution in [0.15, 0.2) is 54.6 Å². The molecule has 130 valence electrons. The van der Waals surface area contributed by atoms with Gasteiger partial charge in [0.15, 0.2) is 5.96 Å². The lowest BCUT2D eigenvalue weighted by Crippen LogP contribution is -2.20. The summed E-state index contributed by atoms with van der Waals surface area (Å²) in [6.07, 6.45) is 5.41. The summed E-state index contributed by atoms with van der Waals surface area (Å²) in [4.78, 5) is 0. The molecule has 1 unspecified atom stereocenters. The third kappa shape index (κ3) is 2.97. The van der Waals surface area contributed by atoms with Crippen LogP contribution in [-0.2, 0) is 0 Å². The molecule has 0 aliphatic heterocycles. The number of anilines is 2. The summed E-state index contributed by atoms with van der Waals surface area (Å²) in [6, 6.07) is 18.8. The van der Waals surface area contributed by atoms with Crippen LogP contribution in [0.25, 0.3) is 22.9 Å². The molecule has 0 spiro atoms. The lowest BCUT2D eigenvalue weighted by atomic mass is 9.99. The molecular formula is C23H23N3.